The molecule has 1 atom stereocenters. The molecule has 0 aliphatic rings. The highest BCUT2D eigenvalue weighted by atomic mass is 35.5. The van der Waals surface area contributed by atoms with Gasteiger partial charge in [0.1, 0.15) is 11.0 Å². The highest BCUT2D eigenvalue weighted by Crippen LogP contribution is 2.27. The first-order valence-electron chi connectivity index (χ1n) is 5.08. The lowest BCUT2D eigenvalue weighted by Gasteiger charge is -2.12. The van der Waals surface area contributed by atoms with Crippen molar-refractivity contribution in [3.05, 3.63) is 16.1 Å². The van der Waals surface area contributed by atoms with Crippen LogP contribution in [0.3, 0.4) is 0 Å². The zero-order valence-corrected chi connectivity index (χ0v) is 11.3. The van der Waals surface area contributed by atoms with Gasteiger partial charge in [0.2, 0.25) is 0 Å². The van der Waals surface area contributed by atoms with Crippen LogP contribution in [0.5, 0.6) is 0 Å². The predicted octanol–water partition coefficient (Wildman–Crippen LogP) is 4.35. The van der Waals surface area contributed by atoms with Crippen molar-refractivity contribution in [1.29, 1.82) is 0 Å². The molecule has 1 unspecified atom stereocenters. The summed E-state index contributed by atoms with van der Waals surface area (Å²) in [5.41, 5.74) is 0. The lowest BCUT2D eigenvalue weighted by molar-refractivity contribution is 0.608. The Bertz CT molecular complexity index is 282. The lowest BCUT2D eigenvalue weighted by Crippen LogP contribution is -2.04. The molecule has 0 spiro atoms. The van der Waals surface area contributed by atoms with Gasteiger partial charge in [0.15, 0.2) is 5.15 Å². The Hall–Kier alpha value is 0.140. The SMILES string of the molecule is CCCCC(CSC)c1nc(Cl)c(Cl)[nH]1. The third-order valence-electron chi connectivity index (χ3n) is 2.30. The number of aromatic nitrogens is 2. The fourth-order valence-corrected chi connectivity index (χ4v) is 2.50. The van der Waals surface area contributed by atoms with Crippen LogP contribution in [0.1, 0.15) is 37.9 Å². The van der Waals surface area contributed by atoms with Crippen LogP contribution < -0.4 is 0 Å². The normalized spacial score (nSPS) is 13.1. The summed E-state index contributed by atoms with van der Waals surface area (Å²) in [5.74, 6) is 2.41. The van der Waals surface area contributed by atoms with E-state index in [0.717, 1.165) is 18.0 Å². The van der Waals surface area contributed by atoms with Crippen LogP contribution in [0.4, 0.5) is 0 Å². The van der Waals surface area contributed by atoms with E-state index >= 15 is 0 Å². The third-order valence-corrected chi connectivity index (χ3v) is 3.68. The van der Waals surface area contributed by atoms with Gasteiger partial charge in [-0.15, -0.1) is 0 Å². The highest BCUT2D eigenvalue weighted by molar-refractivity contribution is 7.98. The first kappa shape index (κ1) is 13.2. The molecule has 15 heavy (non-hydrogen) atoms. The minimum absolute atomic E-state index is 0.384. The zero-order chi connectivity index (χ0) is 11.3. The molecule has 0 amide bonds. The fourth-order valence-electron chi connectivity index (χ4n) is 1.49. The average molecular weight is 267 g/mol. The highest BCUT2D eigenvalue weighted by Gasteiger charge is 2.16. The van der Waals surface area contributed by atoms with E-state index in [1.165, 1.54) is 12.8 Å². The van der Waals surface area contributed by atoms with Crippen molar-refractivity contribution in [1.82, 2.24) is 9.97 Å². The van der Waals surface area contributed by atoms with Gasteiger partial charge in [0, 0.05) is 11.7 Å². The Labute approximate surface area is 105 Å². The molecule has 0 aliphatic carbocycles. The Morgan fingerprint density at radius 1 is 1.47 bits per heavy atom. The van der Waals surface area contributed by atoms with Gasteiger partial charge >= 0.3 is 0 Å². The van der Waals surface area contributed by atoms with Crippen molar-refractivity contribution < 1.29 is 0 Å². The van der Waals surface area contributed by atoms with E-state index in [2.05, 4.69) is 23.1 Å². The largest absolute Gasteiger partial charge is 0.331 e. The summed E-state index contributed by atoms with van der Waals surface area (Å²) in [7, 11) is 0. The maximum atomic E-state index is 5.85. The Kier molecular flexibility index (Phi) is 5.87. The smallest absolute Gasteiger partial charge is 0.166 e. The number of rotatable bonds is 6. The Morgan fingerprint density at radius 3 is 2.67 bits per heavy atom. The molecular formula is C10H16Cl2N2S. The van der Waals surface area contributed by atoms with E-state index in [4.69, 9.17) is 23.2 Å². The summed E-state index contributed by atoms with van der Waals surface area (Å²) in [5, 5.41) is 0.837. The number of aromatic amines is 1. The number of nitrogens with one attached hydrogen (secondary N) is 1. The summed E-state index contributed by atoms with van der Waals surface area (Å²) in [4.78, 5) is 7.29. The van der Waals surface area contributed by atoms with Gasteiger partial charge in [-0.1, -0.05) is 43.0 Å². The van der Waals surface area contributed by atoms with Crippen LogP contribution in [0, 0.1) is 0 Å². The maximum absolute atomic E-state index is 5.85. The lowest BCUT2D eigenvalue weighted by atomic mass is 10.0. The fraction of sp³-hybridized carbons (Fsp3) is 0.700. The number of hydrogen-bond acceptors (Lipinski definition) is 2. The topological polar surface area (TPSA) is 28.7 Å². The number of unbranched alkanes of at least 4 members (excludes halogenated alkanes) is 1. The van der Waals surface area contributed by atoms with E-state index in [0.29, 0.717) is 16.2 Å². The van der Waals surface area contributed by atoms with Crippen LogP contribution in [0.25, 0.3) is 0 Å². The molecule has 0 saturated carbocycles. The first-order chi connectivity index (χ1) is 7.19. The molecule has 1 aromatic heterocycles. The number of hydrogen-bond donors (Lipinski definition) is 1. The maximum Gasteiger partial charge on any atom is 0.166 e. The molecule has 1 N–H and O–H groups in total. The number of H-pyrrole nitrogens is 1. The summed E-state index contributed by atoms with van der Waals surface area (Å²) >= 11 is 13.5. The second-order valence-electron chi connectivity index (χ2n) is 3.52. The van der Waals surface area contributed by atoms with E-state index in [9.17, 15) is 0 Å². The van der Waals surface area contributed by atoms with Gasteiger partial charge in [-0.2, -0.15) is 11.8 Å². The Morgan fingerprint density at radius 2 is 2.20 bits per heavy atom. The van der Waals surface area contributed by atoms with Crippen molar-refractivity contribution in [3.8, 4) is 0 Å². The predicted molar refractivity (Wildman–Crippen MR) is 69.3 cm³/mol. The molecule has 0 aliphatic heterocycles. The van der Waals surface area contributed by atoms with Crippen LogP contribution in [-0.4, -0.2) is 22.0 Å². The summed E-state index contributed by atoms with van der Waals surface area (Å²) < 4.78 is 0. The standard InChI is InChI=1S/C10H16Cl2N2S/c1-3-4-5-7(6-15-2)10-13-8(11)9(12)14-10/h7H,3-6H2,1-2H3,(H,13,14). The molecule has 1 heterocycles. The Balaban J connectivity index is 2.69. The molecule has 0 saturated heterocycles. The van der Waals surface area contributed by atoms with Crippen LogP contribution in [0.15, 0.2) is 0 Å². The number of halogens is 2. The van der Waals surface area contributed by atoms with Crippen LogP contribution >= 0.6 is 35.0 Å². The summed E-state index contributed by atoms with van der Waals surface area (Å²) in [6, 6.07) is 0. The van der Waals surface area contributed by atoms with Gasteiger partial charge in [-0.25, -0.2) is 4.98 Å². The van der Waals surface area contributed by atoms with Crippen LogP contribution in [0.2, 0.25) is 10.3 Å². The molecule has 0 radical (unpaired) electrons. The van der Waals surface area contributed by atoms with Crippen molar-refractivity contribution in [2.75, 3.05) is 12.0 Å². The summed E-state index contributed by atoms with van der Waals surface area (Å²) in [6.45, 7) is 2.19. The van der Waals surface area contributed by atoms with E-state index < -0.39 is 0 Å². The quantitative estimate of drug-likeness (QED) is 0.829. The number of nitrogens with zero attached hydrogens (tertiary/aromatic N) is 1. The molecule has 86 valence electrons. The molecule has 2 nitrogen and oxygen atoms in total. The minimum Gasteiger partial charge on any atom is -0.331 e. The average Bonchev–Trinajstić information content (AvgIpc) is 2.54. The third kappa shape index (κ3) is 3.89. The van der Waals surface area contributed by atoms with Crippen molar-refractivity contribution >= 4 is 35.0 Å². The molecule has 1 aromatic rings. The van der Waals surface area contributed by atoms with Crippen molar-refractivity contribution in [2.45, 2.75) is 32.1 Å². The van der Waals surface area contributed by atoms with Crippen molar-refractivity contribution in [3.63, 3.8) is 0 Å². The van der Waals surface area contributed by atoms with Gasteiger partial charge < -0.3 is 4.98 Å². The number of thioether (sulfide) groups is 1. The molecule has 0 bridgehead atoms. The molecule has 0 aromatic carbocycles. The first-order valence-corrected chi connectivity index (χ1v) is 7.23. The zero-order valence-electron chi connectivity index (χ0n) is 9.02. The summed E-state index contributed by atoms with van der Waals surface area (Å²) in [6.07, 6.45) is 5.65. The second kappa shape index (κ2) is 6.66. The molecular weight excluding hydrogens is 251 g/mol. The minimum atomic E-state index is 0.384. The number of imidazole rings is 1. The van der Waals surface area contributed by atoms with Gasteiger partial charge in [-0.05, 0) is 12.7 Å². The molecule has 0 fully saturated rings. The van der Waals surface area contributed by atoms with E-state index in [1.807, 2.05) is 11.8 Å². The van der Waals surface area contributed by atoms with E-state index in [-0.39, 0.29) is 0 Å². The molecule has 5 heteroatoms. The van der Waals surface area contributed by atoms with Gasteiger partial charge in [0.05, 0.1) is 0 Å². The second-order valence-corrected chi connectivity index (χ2v) is 5.17. The molecule has 1 rings (SSSR count). The van der Waals surface area contributed by atoms with Crippen LogP contribution in [-0.2, 0) is 0 Å². The van der Waals surface area contributed by atoms with E-state index in [1.54, 1.807) is 0 Å². The van der Waals surface area contributed by atoms with Gasteiger partial charge in [-0.3, -0.25) is 0 Å². The monoisotopic (exact) mass is 266 g/mol. The van der Waals surface area contributed by atoms with Gasteiger partial charge in [0.25, 0.3) is 0 Å². The van der Waals surface area contributed by atoms with Crippen molar-refractivity contribution in [2.24, 2.45) is 0 Å².